The molecule has 1 aliphatic rings. The van der Waals surface area contributed by atoms with Gasteiger partial charge in [-0.3, -0.25) is 0 Å². The molecule has 138 valence electrons. The van der Waals surface area contributed by atoms with Gasteiger partial charge in [0.05, 0.1) is 11.3 Å². The minimum Gasteiger partial charge on any atom is -0.507 e. The van der Waals surface area contributed by atoms with Gasteiger partial charge in [0.15, 0.2) is 11.6 Å². The minimum atomic E-state index is 0.161. The molecule has 5 rings (SSSR count). The molecule has 5 heteroatoms. The standard InChI is InChI=1S/C23H18ClN3O/c24-18-10-12-19(13-11-18)27-23(17-5-3-4-16(14-17)15-8-9-15)25-22(26-27)20-6-1-2-7-21(20)28/h1-7,10-15,28H,8-9H2. The molecular weight excluding hydrogens is 370 g/mol. The van der Waals surface area contributed by atoms with Crippen LogP contribution < -0.4 is 0 Å². The van der Waals surface area contributed by atoms with Crippen molar-refractivity contribution >= 4 is 11.6 Å². The molecule has 0 amide bonds. The van der Waals surface area contributed by atoms with E-state index in [0.717, 1.165) is 17.1 Å². The first-order chi connectivity index (χ1) is 13.7. The number of phenols is 1. The van der Waals surface area contributed by atoms with Crippen molar-refractivity contribution in [3.63, 3.8) is 0 Å². The monoisotopic (exact) mass is 387 g/mol. The Morgan fingerprint density at radius 1 is 0.929 bits per heavy atom. The largest absolute Gasteiger partial charge is 0.507 e. The number of aromatic nitrogens is 3. The van der Waals surface area contributed by atoms with Gasteiger partial charge in [0, 0.05) is 10.6 Å². The number of phenolic OH excluding ortho intramolecular Hbond substituents is 1. The third-order valence-electron chi connectivity index (χ3n) is 5.02. The zero-order valence-corrected chi connectivity index (χ0v) is 15.8. The minimum absolute atomic E-state index is 0.161. The fourth-order valence-electron chi connectivity index (χ4n) is 3.39. The van der Waals surface area contributed by atoms with E-state index in [4.69, 9.17) is 21.7 Å². The van der Waals surface area contributed by atoms with Crippen LogP contribution in [-0.4, -0.2) is 19.9 Å². The molecular formula is C23H18ClN3O. The summed E-state index contributed by atoms with van der Waals surface area (Å²) < 4.78 is 1.81. The number of rotatable bonds is 4. The van der Waals surface area contributed by atoms with E-state index in [2.05, 4.69) is 24.3 Å². The normalized spacial score (nSPS) is 13.6. The van der Waals surface area contributed by atoms with Gasteiger partial charge in [-0.2, -0.15) is 0 Å². The lowest BCUT2D eigenvalue weighted by molar-refractivity contribution is 0.477. The third-order valence-corrected chi connectivity index (χ3v) is 5.27. The van der Waals surface area contributed by atoms with Crippen LogP contribution in [0.5, 0.6) is 5.75 Å². The second kappa shape index (κ2) is 6.80. The lowest BCUT2D eigenvalue weighted by atomic mass is 10.1. The summed E-state index contributed by atoms with van der Waals surface area (Å²) >= 11 is 6.06. The van der Waals surface area contributed by atoms with Crippen molar-refractivity contribution in [3.8, 4) is 34.2 Å². The van der Waals surface area contributed by atoms with Gasteiger partial charge in [-0.1, -0.05) is 41.9 Å². The van der Waals surface area contributed by atoms with Crippen molar-refractivity contribution in [3.05, 3.63) is 83.4 Å². The Balaban J connectivity index is 1.69. The van der Waals surface area contributed by atoms with Crippen molar-refractivity contribution < 1.29 is 5.11 Å². The van der Waals surface area contributed by atoms with Gasteiger partial charge in [-0.25, -0.2) is 9.67 Å². The van der Waals surface area contributed by atoms with Crippen LogP contribution in [0.1, 0.15) is 24.3 Å². The molecule has 0 unspecified atom stereocenters. The molecule has 1 heterocycles. The number of benzene rings is 3. The first-order valence-corrected chi connectivity index (χ1v) is 9.68. The molecule has 1 N–H and O–H groups in total. The van der Waals surface area contributed by atoms with E-state index in [1.54, 1.807) is 12.1 Å². The Labute approximate surface area is 168 Å². The van der Waals surface area contributed by atoms with Crippen LogP contribution >= 0.6 is 11.6 Å². The molecule has 1 aromatic heterocycles. The fourth-order valence-corrected chi connectivity index (χ4v) is 3.51. The molecule has 3 aromatic carbocycles. The summed E-state index contributed by atoms with van der Waals surface area (Å²) in [5, 5.41) is 15.6. The molecule has 0 bridgehead atoms. The lowest BCUT2D eigenvalue weighted by Crippen LogP contribution is -1.99. The summed E-state index contributed by atoms with van der Waals surface area (Å²) in [4.78, 5) is 4.79. The van der Waals surface area contributed by atoms with Crippen LogP contribution in [0.25, 0.3) is 28.5 Å². The predicted octanol–water partition coefficient (Wildman–Crippen LogP) is 5.84. The van der Waals surface area contributed by atoms with Crippen LogP contribution in [0.15, 0.2) is 72.8 Å². The van der Waals surface area contributed by atoms with Gasteiger partial charge in [0.2, 0.25) is 0 Å². The molecule has 0 aliphatic heterocycles. The molecule has 0 radical (unpaired) electrons. The number of aromatic hydroxyl groups is 1. The highest BCUT2D eigenvalue weighted by atomic mass is 35.5. The highest BCUT2D eigenvalue weighted by Crippen LogP contribution is 2.41. The van der Waals surface area contributed by atoms with Gasteiger partial charge in [-0.15, -0.1) is 5.10 Å². The summed E-state index contributed by atoms with van der Waals surface area (Å²) in [6.07, 6.45) is 2.49. The molecule has 28 heavy (non-hydrogen) atoms. The van der Waals surface area contributed by atoms with Crippen LogP contribution in [0.4, 0.5) is 0 Å². The number of nitrogens with zero attached hydrogens (tertiary/aromatic N) is 3. The topological polar surface area (TPSA) is 50.9 Å². The van der Waals surface area contributed by atoms with Gasteiger partial charge in [0.25, 0.3) is 0 Å². The maximum absolute atomic E-state index is 10.3. The second-order valence-electron chi connectivity index (χ2n) is 7.06. The van der Waals surface area contributed by atoms with Gasteiger partial charge in [-0.05, 0) is 66.8 Å². The van der Waals surface area contributed by atoms with E-state index >= 15 is 0 Å². The van der Waals surface area contributed by atoms with Crippen LogP contribution in [0.3, 0.4) is 0 Å². The summed E-state index contributed by atoms with van der Waals surface area (Å²) in [6.45, 7) is 0. The highest BCUT2D eigenvalue weighted by molar-refractivity contribution is 6.30. The van der Waals surface area contributed by atoms with Crippen molar-refractivity contribution in [2.24, 2.45) is 0 Å². The highest BCUT2D eigenvalue weighted by Gasteiger charge is 2.24. The number of halogens is 1. The van der Waals surface area contributed by atoms with Crippen molar-refractivity contribution in [1.29, 1.82) is 0 Å². The maximum atomic E-state index is 10.3. The van der Waals surface area contributed by atoms with Crippen molar-refractivity contribution in [1.82, 2.24) is 14.8 Å². The molecule has 4 nitrogen and oxygen atoms in total. The van der Waals surface area contributed by atoms with E-state index < -0.39 is 0 Å². The molecule has 0 saturated heterocycles. The number of para-hydroxylation sites is 1. The Morgan fingerprint density at radius 3 is 2.46 bits per heavy atom. The van der Waals surface area contributed by atoms with E-state index in [-0.39, 0.29) is 5.75 Å². The zero-order valence-electron chi connectivity index (χ0n) is 15.1. The second-order valence-corrected chi connectivity index (χ2v) is 7.50. The summed E-state index contributed by atoms with van der Waals surface area (Å²) in [6, 6.07) is 23.1. The van der Waals surface area contributed by atoms with Gasteiger partial charge < -0.3 is 5.11 Å². The SMILES string of the molecule is Oc1ccccc1-c1nc(-c2cccc(C3CC3)c2)n(-c2ccc(Cl)cc2)n1. The quantitative estimate of drug-likeness (QED) is 0.478. The van der Waals surface area contributed by atoms with Gasteiger partial charge in [0.1, 0.15) is 5.75 Å². The average molecular weight is 388 g/mol. The maximum Gasteiger partial charge on any atom is 0.185 e. The van der Waals surface area contributed by atoms with E-state index in [1.165, 1.54) is 18.4 Å². The molecule has 0 spiro atoms. The summed E-state index contributed by atoms with van der Waals surface area (Å²) in [5.41, 5.74) is 3.82. The molecule has 0 atom stereocenters. The lowest BCUT2D eigenvalue weighted by Gasteiger charge is -2.07. The molecule has 1 fully saturated rings. The fraction of sp³-hybridized carbons (Fsp3) is 0.130. The van der Waals surface area contributed by atoms with Crippen LogP contribution in [0.2, 0.25) is 5.02 Å². The Hall–Kier alpha value is -3.11. The first-order valence-electron chi connectivity index (χ1n) is 9.31. The molecule has 4 aromatic rings. The molecule has 1 saturated carbocycles. The van der Waals surface area contributed by atoms with Crippen molar-refractivity contribution in [2.75, 3.05) is 0 Å². The van der Waals surface area contributed by atoms with E-state index in [0.29, 0.717) is 22.3 Å². The predicted molar refractivity (Wildman–Crippen MR) is 111 cm³/mol. The summed E-state index contributed by atoms with van der Waals surface area (Å²) in [5.74, 6) is 2.04. The molecule has 1 aliphatic carbocycles. The van der Waals surface area contributed by atoms with Gasteiger partial charge >= 0.3 is 0 Å². The van der Waals surface area contributed by atoms with Crippen LogP contribution in [-0.2, 0) is 0 Å². The van der Waals surface area contributed by atoms with Crippen LogP contribution in [0, 0.1) is 0 Å². The Morgan fingerprint density at radius 2 is 1.71 bits per heavy atom. The third kappa shape index (κ3) is 3.16. The zero-order chi connectivity index (χ0) is 19.1. The van der Waals surface area contributed by atoms with E-state index in [9.17, 15) is 5.11 Å². The number of hydrogen-bond donors (Lipinski definition) is 1. The van der Waals surface area contributed by atoms with E-state index in [1.807, 2.05) is 41.1 Å². The summed E-state index contributed by atoms with van der Waals surface area (Å²) in [7, 11) is 0. The Kier molecular flexibility index (Phi) is 4.14. The van der Waals surface area contributed by atoms with Crippen molar-refractivity contribution in [2.45, 2.75) is 18.8 Å². The average Bonchev–Trinajstić information content (AvgIpc) is 3.48. The Bertz CT molecular complexity index is 1150. The first kappa shape index (κ1) is 17.0. The number of hydrogen-bond acceptors (Lipinski definition) is 3. The smallest absolute Gasteiger partial charge is 0.185 e.